The summed E-state index contributed by atoms with van der Waals surface area (Å²) in [4.78, 5) is -0.409. The fourth-order valence-electron chi connectivity index (χ4n) is 1.89. The summed E-state index contributed by atoms with van der Waals surface area (Å²) in [6, 6.07) is 6.96. The minimum atomic E-state index is -4.60. The van der Waals surface area contributed by atoms with Gasteiger partial charge in [-0.2, -0.15) is 17.5 Å². The summed E-state index contributed by atoms with van der Waals surface area (Å²) in [7, 11) is -2.75. The predicted molar refractivity (Wildman–Crippen MR) is 73.5 cm³/mol. The van der Waals surface area contributed by atoms with Crippen LogP contribution in [0.2, 0.25) is 0 Å². The number of sulfonamides is 1. The predicted octanol–water partition coefficient (Wildman–Crippen LogP) is 3.43. The lowest BCUT2D eigenvalue weighted by Crippen LogP contribution is -2.26. The normalized spacial score (nSPS) is 12.8. The van der Waals surface area contributed by atoms with Crippen LogP contribution in [0.15, 0.2) is 45.7 Å². The molecular weight excluding hydrogens is 319 g/mol. The molecule has 0 atom stereocenters. The smallest absolute Gasteiger partial charge is 0.416 e. The lowest BCUT2D eigenvalue weighted by Gasteiger charge is -2.17. The number of benzene rings is 1. The van der Waals surface area contributed by atoms with Crippen LogP contribution in [0.5, 0.6) is 0 Å². The van der Waals surface area contributed by atoms with Crippen molar-refractivity contribution in [1.82, 2.24) is 4.31 Å². The molecule has 0 radical (unpaired) electrons. The molecule has 0 bridgehead atoms. The van der Waals surface area contributed by atoms with Crippen molar-refractivity contribution in [2.75, 3.05) is 7.05 Å². The van der Waals surface area contributed by atoms with Crippen molar-refractivity contribution in [2.45, 2.75) is 24.5 Å². The molecule has 0 fully saturated rings. The molecule has 0 spiro atoms. The van der Waals surface area contributed by atoms with Gasteiger partial charge in [-0.05, 0) is 37.3 Å². The van der Waals surface area contributed by atoms with E-state index in [1.165, 1.54) is 7.05 Å². The first kappa shape index (κ1) is 16.6. The summed E-state index contributed by atoms with van der Waals surface area (Å²) in [6.45, 7) is 1.65. The van der Waals surface area contributed by atoms with E-state index in [1.54, 1.807) is 19.1 Å². The fraction of sp³-hybridized carbons (Fsp3) is 0.286. The van der Waals surface area contributed by atoms with Gasteiger partial charge in [0.05, 0.1) is 17.0 Å². The average molecular weight is 333 g/mol. The van der Waals surface area contributed by atoms with E-state index in [4.69, 9.17) is 4.42 Å². The van der Waals surface area contributed by atoms with Gasteiger partial charge in [-0.25, -0.2) is 8.42 Å². The van der Waals surface area contributed by atoms with Crippen molar-refractivity contribution in [1.29, 1.82) is 0 Å². The third-order valence-corrected chi connectivity index (χ3v) is 4.84. The first-order chi connectivity index (χ1) is 10.1. The molecule has 0 saturated heterocycles. The molecule has 0 amide bonds. The molecule has 0 saturated carbocycles. The summed E-state index contributed by atoms with van der Waals surface area (Å²) in [6.07, 6.45) is -4.60. The number of rotatable bonds is 4. The largest absolute Gasteiger partial charge is 0.465 e. The Labute approximate surface area is 126 Å². The molecular formula is C14H14F3NO3S. The lowest BCUT2D eigenvalue weighted by molar-refractivity contribution is -0.137. The lowest BCUT2D eigenvalue weighted by atomic mass is 10.2. The maximum Gasteiger partial charge on any atom is 0.416 e. The second-order valence-electron chi connectivity index (χ2n) is 4.80. The van der Waals surface area contributed by atoms with Gasteiger partial charge in [0.1, 0.15) is 11.5 Å². The highest BCUT2D eigenvalue weighted by Crippen LogP contribution is 2.31. The van der Waals surface area contributed by atoms with Crippen LogP contribution < -0.4 is 0 Å². The molecule has 0 N–H and O–H groups in total. The minimum absolute atomic E-state index is 0.0631. The number of alkyl halides is 3. The van der Waals surface area contributed by atoms with Gasteiger partial charge in [0, 0.05) is 7.05 Å². The Bertz CT molecular complexity index is 766. The standard InChI is InChI=1S/C14H14F3NO3S/c1-10-6-7-12(21-10)9-18(2)22(19,20)13-5-3-4-11(8-13)14(15,16)17/h3-8H,9H2,1-2H3. The van der Waals surface area contributed by atoms with Crippen molar-refractivity contribution >= 4 is 10.0 Å². The third-order valence-electron chi connectivity index (χ3n) is 3.04. The van der Waals surface area contributed by atoms with Crippen molar-refractivity contribution < 1.29 is 26.0 Å². The van der Waals surface area contributed by atoms with Crippen LogP contribution in [0, 0.1) is 6.92 Å². The molecule has 0 aliphatic rings. The Morgan fingerprint density at radius 1 is 1.18 bits per heavy atom. The number of halogens is 3. The molecule has 8 heteroatoms. The molecule has 0 unspecified atom stereocenters. The molecule has 4 nitrogen and oxygen atoms in total. The van der Waals surface area contributed by atoms with Crippen LogP contribution in [0.3, 0.4) is 0 Å². The van der Waals surface area contributed by atoms with Crippen molar-refractivity contribution in [3.63, 3.8) is 0 Å². The Kier molecular flexibility index (Phi) is 4.35. The Morgan fingerprint density at radius 3 is 2.41 bits per heavy atom. The second kappa shape index (κ2) is 5.77. The van der Waals surface area contributed by atoms with Gasteiger partial charge in [-0.15, -0.1) is 0 Å². The molecule has 0 aliphatic heterocycles. The minimum Gasteiger partial charge on any atom is -0.465 e. The molecule has 2 aromatic rings. The Hall–Kier alpha value is -1.80. The zero-order valence-corrected chi connectivity index (χ0v) is 12.7. The summed E-state index contributed by atoms with van der Waals surface area (Å²) in [5, 5.41) is 0. The zero-order chi connectivity index (χ0) is 16.5. The topological polar surface area (TPSA) is 50.5 Å². The van der Waals surface area contributed by atoms with Gasteiger partial charge in [-0.1, -0.05) is 6.07 Å². The van der Waals surface area contributed by atoms with E-state index in [2.05, 4.69) is 0 Å². The monoisotopic (exact) mass is 333 g/mol. The maximum atomic E-state index is 12.7. The van der Waals surface area contributed by atoms with Gasteiger partial charge in [-0.3, -0.25) is 0 Å². The van der Waals surface area contributed by atoms with Gasteiger partial charge in [0.15, 0.2) is 0 Å². The SMILES string of the molecule is Cc1ccc(CN(C)S(=O)(=O)c2cccc(C(F)(F)F)c2)o1. The highest BCUT2D eigenvalue weighted by atomic mass is 32.2. The van der Waals surface area contributed by atoms with Gasteiger partial charge in [0.25, 0.3) is 0 Å². The average Bonchev–Trinajstić information content (AvgIpc) is 2.83. The number of hydrogen-bond donors (Lipinski definition) is 0. The van der Waals surface area contributed by atoms with Crippen LogP contribution in [-0.2, 0) is 22.7 Å². The summed E-state index contributed by atoms with van der Waals surface area (Å²) in [5.74, 6) is 1.04. The second-order valence-corrected chi connectivity index (χ2v) is 6.84. The van der Waals surface area contributed by atoms with Gasteiger partial charge < -0.3 is 4.42 Å². The van der Waals surface area contributed by atoms with E-state index in [9.17, 15) is 21.6 Å². The highest BCUT2D eigenvalue weighted by molar-refractivity contribution is 7.89. The van der Waals surface area contributed by atoms with E-state index in [0.29, 0.717) is 17.6 Å². The summed E-state index contributed by atoms with van der Waals surface area (Å²) < 4.78 is 69.0. The van der Waals surface area contributed by atoms with E-state index in [-0.39, 0.29) is 6.54 Å². The van der Waals surface area contributed by atoms with Gasteiger partial charge >= 0.3 is 6.18 Å². The molecule has 0 aliphatic carbocycles. The van der Waals surface area contributed by atoms with E-state index in [1.807, 2.05) is 0 Å². The number of aryl methyl sites for hydroxylation is 1. The number of nitrogens with zero attached hydrogens (tertiary/aromatic N) is 1. The van der Waals surface area contributed by atoms with Crippen LogP contribution in [0.25, 0.3) is 0 Å². The van der Waals surface area contributed by atoms with Crippen molar-refractivity contribution in [3.05, 3.63) is 53.5 Å². The summed E-state index contributed by atoms with van der Waals surface area (Å²) >= 11 is 0. The Morgan fingerprint density at radius 2 is 1.86 bits per heavy atom. The molecule has 120 valence electrons. The molecule has 1 aromatic heterocycles. The zero-order valence-electron chi connectivity index (χ0n) is 11.9. The van der Waals surface area contributed by atoms with Crippen LogP contribution in [-0.4, -0.2) is 19.8 Å². The van der Waals surface area contributed by atoms with E-state index < -0.39 is 26.7 Å². The first-order valence-electron chi connectivity index (χ1n) is 6.29. The maximum absolute atomic E-state index is 12.7. The molecule has 1 aromatic carbocycles. The van der Waals surface area contributed by atoms with Crippen LogP contribution >= 0.6 is 0 Å². The summed E-state index contributed by atoms with van der Waals surface area (Å²) in [5.41, 5.74) is -1.00. The first-order valence-corrected chi connectivity index (χ1v) is 7.73. The van der Waals surface area contributed by atoms with Gasteiger partial charge in [0.2, 0.25) is 10.0 Å². The highest BCUT2D eigenvalue weighted by Gasteiger charge is 2.32. The van der Waals surface area contributed by atoms with Crippen LogP contribution in [0.1, 0.15) is 17.1 Å². The number of furan rings is 1. The molecule has 1 heterocycles. The van der Waals surface area contributed by atoms with Crippen LogP contribution in [0.4, 0.5) is 13.2 Å². The van der Waals surface area contributed by atoms with Crippen molar-refractivity contribution in [2.24, 2.45) is 0 Å². The van der Waals surface area contributed by atoms with E-state index >= 15 is 0 Å². The Balaban J connectivity index is 2.30. The van der Waals surface area contributed by atoms with Crippen molar-refractivity contribution in [3.8, 4) is 0 Å². The van der Waals surface area contributed by atoms with E-state index in [0.717, 1.165) is 22.5 Å². The fourth-order valence-corrected chi connectivity index (χ4v) is 3.07. The molecule has 22 heavy (non-hydrogen) atoms. The third kappa shape index (κ3) is 3.50. The quantitative estimate of drug-likeness (QED) is 0.861. The molecule has 2 rings (SSSR count). The number of hydrogen-bond acceptors (Lipinski definition) is 3.